The first-order valence-corrected chi connectivity index (χ1v) is 6.63. The van der Waals surface area contributed by atoms with Crippen LogP contribution in [0.25, 0.3) is 0 Å². The van der Waals surface area contributed by atoms with Crippen molar-refractivity contribution < 1.29 is 14.3 Å². The second kappa shape index (κ2) is 6.52. The Bertz CT molecular complexity index is 478. The number of benzene rings is 1. The Hall–Kier alpha value is -1.88. The van der Waals surface area contributed by atoms with Crippen LogP contribution in [0.15, 0.2) is 24.3 Å². The van der Waals surface area contributed by atoms with Crippen LogP contribution < -0.4 is 11.1 Å². The van der Waals surface area contributed by atoms with E-state index < -0.39 is 11.5 Å². The van der Waals surface area contributed by atoms with Gasteiger partial charge >= 0.3 is 5.97 Å². The van der Waals surface area contributed by atoms with E-state index in [4.69, 9.17) is 10.5 Å². The SMILES string of the molecule is CCOC(=O)C(C)(C)c1ccc(NC(=O)[C@H](C)N)cc1. The first-order chi connectivity index (χ1) is 9.28. The minimum atomic E-state index is -0.723. The molecule has 0 spiro atoms. The summed E-state index contributed by atoms with van der Waals surface area (Å²) in [6.45, 7) is 7.36. The first-order valence-electron chi connectivity index (χ1n) is 6.63. The van der Waals surface area contributed by atoms with Gasteiger partial charge in [-0.25, -0.2) is 0 Å². The fourth-order valence-corrected chi connectivity index (χ4v) is 1.66. The van der Waals surface area contributed by atoms with Crippen molar-refractivity contribution in [3.05, 3.63) is 29.8 Å². The van der Waals surface area contributed by atoms with Crippen LogP contribution in [-0.4, -0.2) is 24.5 Å². The van der Waals surface area contributed by atoms with Gasteiger partial charge in [0.15, 0.2) is 0 Å². The van der Waals surface area contributed by atoms with E-state index in [-0.39, 0.29) is 11.9 Å². The van der Waals surface area contributed by atoms with Crippen molar-refractivity contribution in [3.8, 4) is 0 Å². The summed E-state index contributed by atoms with van der Waals surface area (Å²) >= 11 is 0. The third-order valence-electron chi connectivity index (χ3n) is 3.07. The quantitative estimate of drug-likeness (QED) is 0.805. The molecule has 5 nitrogen and oxygen atoms in total. The second-order valence-corrected chi connectivity index (χ2v) is 5.20. The molecule has 0 radical (unpaired) electrons. The van der Waals surface area contributed by atoms with Crippen LogP contribution in [0.1, 0.15) is 33.3 Å². The Morgan fingerprint density at radius 1 is 1.30 bits per heavy atom. The summed E-state index contributed by atoms with van der Waals surface area (Å²) in [5, 5.41) is 2.69. The lowest BCUT2D eigenvalue weighted by atomic mass is 9.84. The summed E-state index contributed by atoms with van der Waals surface area (Å²) in [6, 6.07) is 6.53. The van der Waals surface area contributed by atoms with Gasteiger partial charge in [-0.05, 0) is 45.4 Å². The van der Waals surface area contributed by atoms with Crippen LogP contribution >= 0.6 is 0 Å². The predicted molar refractivity (Wildman–Crippen MR) is 78.4 cm³/mol. The Labute approximate surface area is 119 Å². The van der Waals surface area contributed by atoms with Crippen LogP contribution in [0.2, 0.25) is 0 Å². The highest BCUT2D eigenvalue weighted by molar-refractivity contribution is 5.94. The Morgan fingerprint density at radius 2 is 1.85 bits per heavy atom. The predicted octanol–water partition coefficient (Wildman–Crippen LogP) is 1.81. The number of amides is 1. The summed E-state index contributed by atoms with van der Waals surface area (Å²) in [6.07, 6.45) is 0. The lowest BCUT2D eigenvalue weighted by Crippen LogP contribution is -2.33. The highest BCUT2D eigenvalue weighted by atomic mass is 16.5. The van der Waals surface area contributed by atoms with Crippen molar-refractivity contribution in [2.75, 3.05) is 11.9 Å². The molecule has 0 unspecified atom stereocenters. The maximum atomic E-state index is 11.9. The number of hydrogen-bond acceptors (Lipinski definition) is 4. The lowest BCUT2D eigenvalue weighted by Gasteiger charge is -2.23. The fourth-order valence-electron chi connectivity index (χ4n) is 1.66. The smallest absolute Gasteiger partial charge is 0.315 e. The molecule has 0 bridgehead atoms. The van der Waals surface area contributed by atoms with Crippen molar-refractivity contribution >= 4 is 17.6 Å². The highest BCUT2D eigenvalue weighted by Crippen LogP contribution is 2.26. The molecule has 3 N–H and O–H groups in total. The zero-order valence-electron chi connectivity index (χ0n) is 12.4. The van der Waals surface area contributed by atoms with Crippen molar-refractivity contribution in [2.45, 2.75) is 39.2 Å². The Morgan fingerprint density at radius 3 is 2.30 bits per heavy atom. The van der Waals surface area contributed by atoms with E-state index in [2.05, 4.69) is 5.32 Å². The number of rotatable bonds is 5. The third-order valence-corrected chi connectivity index (χ3v) is 3.07. The molecular weight excluding hydrogens is 256 g/mol. The molecule has 0 aliphatic heterocycles. The van der Waals surface area contributed by atoms with Crippen LogP contribution in [0.5, 0.6) is 0 Å². The molecule has 0 aliphatic carbocycles. The van der Waals surface area contributed by atoms with E-state index in [1.165, 1.54) is 0 Å². The molecule has 0 aromatic heterocycles. The Kier molecular flexibility index (Phi) is 5.27. The average molecular weight is 278 g/mol. The molecule has 0 saturated carbocycles. The molecule has 0 saturated heterocycles. The molecule has 1 rings (SSSR count). The first kappa shape index (κ1) is 16.2. The van der Waals surface area contributed by atoms with Gasteiger partial charge in [0.1, 0.15) is 0 Å². The number of esters is 1. The number of nitrogens with two attached hydrogens (primary N) is 1. The van der Waals surface area contributed by atoms with E-state index in [9.17, 15) is 9.59 Å². The molecule has 1 aromatic rings. The van der Waals surface area contributed by atoms with E-state index in [1.807, 2.05) is 0 Å². The van der Waals surface area contributed by atoms with Crippen molar-refractivity contribution in [1.29, 1.82) is 0 Å². The largest absolute Gasteiger partial charge is 0.465 e. The van der Waals surface area contributed by atoms with Gasteiger partial charge in [0.25, 0.3) is 0 Å². The number of ether oxygens (including phenoxy) is 1. The average Bonchev–Trinajstić information content (AvgIpc) is 2.39. The number of carbonyl (C=O) groups is 2. The summed E-state index contributed by atoms with van der Waals surface area (Å²) < 4.78 is 5.06. The Balaban J connectivity index is 2.85. The van der Waals surface area contributed by atoms with Crippen LogP contribution in [0, 0.1) is 0 Å². The van der Waals surface area contributed by atoms with Crippen molar-refractivity contribution in [2.24, 2.45) is 5.73 Å². The minimum absolute atomic E-state index is 0.248. The van der Waals surface area contributed by atoms with E-state index in [1.54, 1.807) is 52.0 Å². The molecule has 0 aliphatic rings. The number of carbonyl (C=O) groups excluding carboxylic acids is 2. The molecule has 1 amide bonds. The molecule has 20 heavy (non-hydrogen) atoms. The van der Waals surface area contributed by atoms with Gasteiger partial charge in [0.05, 0.1) is 18.1 Å². The fraction of sp³-hybridized carbons (Fsp3) is 0.467. The summed E-state index contributed by atoms with van der Waals surface area (Å²) in [4.78, 5) is 23.4. The monoisotopic (exact) mass is 278 g/mol. The van der Waals surface area contributed by atoms with Crippen LogP contribution in [-0.2, 0) is 19.7 Å². The topological polar surface area (TPSA) is 81.4 Å². The van der Waals surface area contributed by atoms with Gasteiger partial charge in [-0.2, -0.15) is 0 Å². The van der Waals surface area contributed by atoms with Crippen LogP contribution in [0.3, 0.4) is 0 Å². The van der Waals surface area contributed by atoms with Gasteiger partial charge in [-0.1, -0.05) is 12.1 Å². The molecule has 110 valence electrons. The van der Waals surface area contributed by atoms with Gasteiger partial charge in [0.2, 0.25) is 5.91 Å². The summed E-state index contributed by atoms with van der Waals surface area (Å²) in [5.74, 6) is -0.519. The molecule has 5 heteroatoms. The zero-order valence-corrected chi connectivity index (χ0v) is 12.4. The number of nitrogens with one attached hydrogen (secondary N) is 1. The summed E-state index contributed by atoms with van der Waals surface area (Å²) in [5.41, 5.74) is 6.24. The normalized spacial score (nSPS) is 12.7. The maximum absolute atomic E-state index is 11.9. The van der Waals surface area contributed by atoms with Gasteiger partial charge < -0.3 is 15.8 Å². The van der Waals surface area contributed by atoms with Crippen molar-refractivity contribution in [1.82, 2.24) is 0 Å². The number of anilines is 1. The molecule has 1 aromatic carbocycles. The summed E-state index contributed by atoms with van der Waals surface area (Å²) in [7, 11) is 0. The molecular formula is C15H22N2O3. The van der Waals surface area contributed by atoms with E-state index >= 15 is 0 Å². The van der Waals surface area contributed by atoms with Gasteiger partial charge in [-0.15, -0.1) is 0 Å². The molecule has 0 fully saturated rings. The molecule has 1 atom stereocenters. The van der Waals surface area contributed by atoms with Crippen molar-refractivity contribution in [3.63, 3.8) is 0 Å². The zero-order chi connectivity index (χ0) is 15.3. The van der Waals surface area contributed by atoms with Crippen LogP contribution in [0.4, 0.5) is 5.69 Å². The molecule has 0 heterocycles. The standard InChI is InChI=1S/C15H22N2O3/c1-5-20-14(19)15(3,4)11-6-8-12(9-7-11)17-13(18)10(2)16/h6-10H,5,16H2,1-4H3,(H,17,18)/t10-/m0/s1. The lowest BCUT2D eigenvalue weighted by molar-refractivity contribution is -0.148. The van der Waals surface area contributed by atoms with Gasteiger partial charge in [0, 0.05) is 5.69 Å². The second-order valence-electron chi connectivity index (χ2n) is 5.20. The third kappa shape index (κ3) is 3.81. The van der Waals surface area contributed by atoms with E-state index in [0.29, 0.717) is 12.3 Å². The van der Waals surface area contributed by atoms with E-state index in [0.717, 1.165) is 5.56 Å². The number of hydrogen-bond donors (Lipinski definition) is 2. The maximum Gasteiger partial charge on any atom is 0.315 e. The minimum Gasteiger partial charge on any atom is -0.465 e. The van der Waals surface area contributed by atoms with Gasteiger partial charge in [-0.3, -0.25) is 9.59 Å². The highest BCUT2D eigenvalue weighted by Gasteiger charge is 2.31.